The van der Waals surface area contributed by atoms with Gasteiger partial charge in [-0.1, -0.05) is 29.5 Å². The molecule has 24 heavy (non-hydrogen) atoms. The number of nitrogens with one attached hydrogen (secondary N) is 1. The van der Waals surface area contributed by atoms with Crippen molar-refractivity contribution in [2.75, 3.05) is 11.9 Å². The van der Waals surface area contributed by atoms with Gasteiger partial charge in [-0.05, 0) is 32.9 Å². The highest BCUT2D eigenvalue weighted by Crippen LogP contribution is 2.27. The van der Waals surface area contributed by atoms with Crippen LogP contribution in [0.1, 0.15) is 25.1 Å². The summed E-state index contributed by atoms with van der Waals surface area (Å²) in [4.78, 5) is 28.1. The van der Waals surface area contributed by atoms with Gasteiger partial charge in [-0.2, -0.15) is 0 Å². The van der Waals surface area contributed by atoms with Crippen LogP contribution in [0.3, 0.4) is 0 Å². The molecular formula is C17H20N2O3S2. The molecule has 0 saturated heterocycles. The van der Waals surface area contributed by atoms with Gasteiger partial charge in [-0.25, -0.2) is 4.98 Å². The quantitative estimate of drug-likeness (QED) is 0.600. The van der Waals surface area contributed by atoms with E-state index < -0.39 is 0 Å². The molecule has 1 aromatic heterocycles. The SMILES string of the molecule is CCOC(=O)Cc1csc(SC(C)C(=O)Nc2ccc(C)cc2)n1. The van der Waals surface area contributed by atoms with Crippen molar-refractivity contribution < 1.29 is 14.3 Å². The summed E-state index contributed by atoms with van der Waals surface area (Å²) in [5, 5.41) is 4.43. The second-order valence-corrected chi connectivity index (χ2v) is 7.65. The van der Waals surface area contributed by atoms with Crippen molar-refractivity contribution in [2.45, 2.75) is 36.8 Å². The number of carbonyl (C=O) groups is 2. The van der Waals surface area contributed by atoms with Crippen LogP contribution < -0.4 is 5.32 Å². The fraction of sp³-hybridized carbons (Fsp3) is 0.353. The molecule has 128 valence electrons. The predicted molar refractivity (Wildman–Crippen MR) is 97.6 cm³/mol. The van der Waals surface area contributed by atoms with E-state index in [-0.39, 0.29) is 23.5 Å². The summed E-state index contributed by atoms with van der Waals surface area (Å²) in [6.45, 7) is 5.97. The molecule has 1 amide bonds. The van der Waals surface area contributed by atoms with Gasteiger partial charge in [0.25, 0.3) is 0 Å². The summed E-state index contributed by atoms with van der Waals surface area (Å²) in [5.74, 6) is -0.365. The first kappa shape index (κ1) is 18.5. The van der Waals surface area contributed by atoms with Crippen LogP contribution >= 0.6 is 23.1 Å². The number of carbonyl (C=O) groups excluding carboxylic acids is 2. The zero-order valence-corrected chi connectivity index (χ0v) is 15.5. The van der Waals surface area contributed by atoms with Gasteiger partial charge in [0, 0.05) is 11.1 Å². The number of aromatic nitrogens is 1. The first-order chi connectivity index (χ1) is 11.5. The van der Waals surface area contributed by atoms with Gasteiger partial charge in [-0.3, -0.25) is 9.59 Å². The maximum Gasteiger partial charge on any atom is 0.311 e. The molecule has 0 aliphatic heterocycles. The van der Waals surface area contributed by atoms with Crippen LogP contribution in [-0.4, -0.2) is 28.7 Å². The molecule has 0 radical (unpaired) electrons. The third kappa shape index (κ3) is 5.65. The Bertz CT molecular complexity index is 698. The van der Waals surface area contributed by atoms with E-state index >= 15 is 0 Å². The molecule has 7 heteroatoms. The number of amides is 1. The molecule has 2 aromatic rings. The van der Waals surface area contributed by atoms with E-state index in [0.29, 0.717) is 12.3 Å². The summed E-state index contributed by atoms with van der Waals surface area (Å²) in [6.07, 6.45) is 0.162. The maximum atomic E-state index is 12.2. The Morgan fingerprint density at radius 2 is 2.04 bits per heavy atom. The van der Waals surface area contributed by atoms with Crippen LogP contribution in [0, 0.1) is 6.92 Å². The molecule has 0 fully saturated rings. The lowest BCUT2D eigenvalue weighted by atomic mass is 10.2. The topological polar surface area (TPSA) is 68.3 Å². The summed E-state index contributed by atoms with van der Waals surface area (Å²) in [5.41, 5.74) is 2.60. The largest absolute Gasteiger partial charge is 0.466 e. The molecule has 0 saturated carbocycles. The summed E-state index contributed by atoms with van der Waals surface area (Å²) in [6, 6.07) is 7.67. The lowest BCUT2D eigenvalue weighted by molar-refractivity contribution is -0.142. The lowest BCUT2D eigenvalue weighted by Gasteiger charge is -2.10. The molecule has 1 unspecified atom stereocenters. The van der Waals surface area contributed by atoms with Crippen molar-refractivity contribution in [3.8, 4) is 0 Å². The van der Waals surface area contributed by atoms with Crippen molar-refractivity contribution in [2.24, 2.45) is 0 Å². The fourth-order valence-electron chi connectivity index (χ4n) is 1.87. The number of anilines is 1. The van der Waals surface area contributed by atoms with Crippen LogP contribution in [0.25, 0.3) is 0 Å². The van der Waals surface area contributed by atoms with Crippen LogP contribution in [0.4, 0.5) is 5.69 Å². The van der Waals surface area contributed by atoms with Crippen molar-refractivity contribution in [1.82, 2.24) is 4.98 Å². The smallest absolute Gasteiger partial charge is 0.311 e. The number of esters is 1. The molecule has 5 nitrogen and oxygen atoms in total. The van der Waals surface area contributed by atoms with Crippen molar-refractivity contribution in [3.05, 3.63) is 40.9 Å². The van der Waals surface area contributed by atoms with E-state index in [4.69, 9.17) is 4.74 Å². The molecule has 1 N–H and O–H groups in total. The summed E-state index contributed by atoms with van der Waals surface area (Å²) < 4.78 is 5.67. The number of nitrogens with zero attached hydrogens (tertiary/aromatic N) is 1. The van der Waals surface area contributed by atoms with Gasteiger partial charge in [0.2, 0.25) is 5.91 Å². The molecule has 2 rings (SSSR count). The number of benzene rings is 1. The standard InChI is InChI=1S/C17H20N2O3S2/c1-4-22-15(20)9-14-10-23-17(19-14)24-12(3)16(21)18-13-7-5-11(2)6-8-13/h5-8,10,12H,4,9H2,1-3H3,(H,18,21). The Kier molecular flexibility index (Phi) is 6.81. The Hall–Kier alpha value is -1.86. The first-order valence-corrected chi connectivity index (χ1v) is 9.38. The van der Waals surface area contributed by atoms with Gasteiger partial charge in [0.05, 0.1) is 24.0 Å². The van der Waals surface area contributed by atoms with E-state index in [1.54, 1.807) is 6.92 Å². The Morgan fingerprint density at radius 1 is 1.33 bits per heavy atom. The van der Waals surface area contributed by atoms with Gasteiger partial charge in [-0.15, -0.1) is 11.3 Å². The van der Waals surface area contributed by atoms with Crippen LogP contribution in [0.5, 0.6) is 0 Å². The summed E-state index contributed by atoms with van der Waals surface area (Å²) >= 11 is 2.81. The zero-order chi connectivity index (χ0) is 17.5. The van der Waals surface area contributed by atoms with E-state index in [1.807, 2.05) is 43.5 Å². The maximum absolute atomic E-state index is 12.2. The number of ether oxygens (including phenoxy) is 1. The fourth-order valence-corrected chi connectivity index (χ4v) is 3.85. The Balaban J connectivity index is 1.88. The molecule has 0 aliphatic carbocycles. The van der Waals surface area contributed by atoms with Gasteiger partial charge in [0.15, 0.2) is 4.34 Å². The number of rotatable bonds is 7. The molecule has 1 aromatic carbocycles. The second-order valence-electron chi connectivity index (χ2n) is 5.20. The van der Waals surface area contributed by atoms with E-state index in [0.717, 1.165) is 15.6 Å². The van der Waals surface area contributed by atoms with Crippen molar-refractivity contribution >= 4 is 40.7 Å². The minimum Gasteiger partial charge on any atom is -0.466 e. The molecule has 0 spiro atoms. The Labute approximate surface area is 149 Å². The van der Waals surface area contributed by atoms with Gasteiger partial charge < -0.3 is 10.1 Å². The van der Waals surface area contributed by atoms with Crippen LogP contribution in [0.15, 0.2) is 34.0 Å². The lowest BCUT2D eigenvalue weighted by Crippen LogP contribution is -2.22. The normalized spacial score (nSPS) is 11.8. The van der Waals surface area contributed by atoms with Gasteiger partial charge >= 0.3 is 5.97 Å². The third-order valence-corrected chi connectivity index (χ3v) is 5.25. The number of thiazole rings is 1. The van der Waals surface area contributed by atoms with Crippen molar-refractivity contribution in [1.29, 1.82) is 0 Å². The molecule has 0 bridgehead atoms. The zero-order valence-electron chi connectivity index (χ0n) is 13.9. The molecular weight excluding hydrogens is 344 g/mol. The molecule has 1 atom stereocenters. The number of thioether (sulfide) groups is 1. The molecule has 1 heterocycles. The minimum absolute atomic E-state index is 0.0778. The average Bonchev–Trinajstić information content (AvgIpc) is 2.96. The highest BCUT2D eigenvalue weighted by atomic mass is 32.2. The third-order valence-electron chi connectivity index (χ3n) is 3.13. The highest BCUT2D eigenvalue weighted by molar-refractivity contribution is 8.02. The van der Waals surface area contributed by atoms with E-state index in [9.17, 15) is 9.59 Å². The van der Waals surface area contributed by atoms with Crippen LogP contribution in [-0.2, 0) is 20.7 Å². The Morgan fingerprint density at radius 3 is 2.71 bits per heavy atom. The first-order valence-electron chi connectivity index (χ1n) is 7.62. The van der Waals surface area contributed by atoms with Crippen molar-refractivity contribution in [3.63, 3.8) is 0 Å². The second kappa shape index (κ2) is 8.84. The van der Waals surface area contributed by atoms with Gasteiger partial charge in [0.1, 0.15) is 0 Å². The summed E-state index contributed by atoms with van der Waals surface area (Å²) in [7, 11) is 0. The molecule has 0 aliphatic rings. The number of hydrogen-bond donors (Lipinski definition) is 1. The number of aryl methyl sites for hydroxylation is 1. The highest BCUT2D eigenvalue weighted by Gasteiger charge is 2.17. The average molecular weight is 364 g/mol. The monoisotopic (exact) mass is 364 g/mol. The van der Waals surface area contributed by atoms with Crippen LogP contribution in [0.2, 0.25) is 0 Å². The minimum atomic E-state index is -0.287. The van der Waals surface area contributed by atoms with E-state index in [1.165, 1.54) is 23.1 Å². The predicted octanol–water partition coefficient (Wildman–Crippen LogP) is 3.68. The number of hydrogen-bond acceptors (Lipinski definition) is 6. The van der Waals surface area contributed by atoms with E-state index in [2.05, 4.69) is 10.3 Å².